The van der Waals surface area contributed by atoms with Gasteiger partial charge in [-0.2, -0.15) is 0 Å². The van der Waals surface area contributed by atoms with Crippen molar-refractivity contribution in [3.8, 4) is 5.75 Å². The van der Waals surface area contributed by atoms with Gasteiger partial charge in [0.25, 0.3) is 5.91 Å². The van der Waals surface area contributed by atoms with Crippen LogP contribution in [0.4, 0.5) is 11.5 Å². The Morgan fingerprint density at radius 2 is 2.16 bits per heavy atom. The molecule has 0 aliphatic heterocycles. The van der Waals surface area contributed by atoms with E-state index < -0.39 is 0 Å². The molecule has 0 fully saturated rings. The molecule has 6 heteroatoms. The number of benzene rings is 1. The molecule has 0 unspecified atom stereocenters. The summed E-state index contributed by atoms with van der Waals surface area (Å²) in [5.74, 6) is 0.485. The summed E-state index contributed by atoms with van der Waals surface area (Å²) in [6.07, 6.45) is 3.09. The fourth-order valence-corrected chi connectivity index (χ4v) is 1.60. The third-order valence-electron chi connectivity index (χ3n) is 2.47. The lowest BCUT2D eigenvalue weighted by atomic mass is 10.1. The van der Waals surface area contributed by atoms with Crippen molar-refractivity contribution in [2.24, 2.45) is 0 Å². The van der Waals surface area contributed by atoms with Gasteiger partial charge >= 0.3 is 0 Å². The van der Waals surface area contributed by atoms with Gasteiger partial charge in [0, 0.05) is 18.0 Å². The van der Waals surface area contributed by atoms with Crippen LogP contribution in [-0.2, 0) is 0 Å². The van der Waals surface area contributed by atoms with E-state index in [0.717, 1.165) is 5.69 Å². The van der Waals surface area contributed by atoms with Gasteiger partial charge in [-0.3, -0.25) is 9.78 Å². The first-order valence-electron chi connectivity index (χ1n) is 5.63. The van der Waals surface area contributed by atoms with Gasteiger partial charge in [-0.15, -0.1) is 0 Å². The number of nitrogens with zero attached hydrogens (tertiary/aromatic N) is 2. The van der Waals surface area contributed by atoms with Gasteiger partial charge < -0.3 is 15.8 Å². The molecule has 3 N–H and O–H groups in total. The van der Waals surface area contributed by atoms with Crippen molar-refractivity contribution >= 4 is 17.4 Å². The average Bonchev–Trinajstić information content (AvgIpc) is 2.38. The van der Waals surface area contributed by atoms with Crippen molar-refractivity contribution in [1.29, 1.82) is 0 Å². The predicted molar refractivity (Wildman–Crippen MR) is 72.1 cm³/mol. The Bertz CT molecular complexity index is 613. The standard InChI is InChI=1S/C13H14N4O2/c1-8-6-15-7-12(16-8)17-13(18)10-4-3-9(14)5-11(10)19-2/h3-7H,14H2,1-2H3,(H,16,17,18). The number of nitrogens with one attached hydrogen (secondary N) is 1. The van der Waals surface area contributed by atoms with Crippen LogP contribution in [0.2, 0.25) is 0 Å². The number of hydrogen-bond acceptors (Lipinski definition) is 5. The summed E-state index contributed by atoms with van der Waals surface area (Å²) in [4.78, 5) is 20.2. The van der Waals surface area contributed by atoms with E-state index in [1.807, 2.05) is 0 Å². The summed E-state index contributed by atoms with van der Waals surface area (Å²) in [5.41, 5.74) is 7.29. The van der Waals surface area contributed by atoms with Gasteiger partial charge in [0.1, 0.15) is 5.75 Å². The average molecular weight is 258 g/mol. The van der Waals surface area contributed by atoms with Crippen molar-refractivity contribution < 1.29 is 9.53 Å². The van der Waals surface area contributed by atoms with Crippen molar-refractivity contribution in [3.05, 3.63) is 41.9 Å². The maximum atomic E-state index is 12.1. The molecule has 0 bridgehead atoms. The highest BCUT2D eigenvalue weighted by Crippen LogP contribution is 2.22. The van der Waals surface area contributed by atoms with E-state index in [2.05, 4.69) is 15.3 Å². The lowest BCUT2D eigenvalue weighted by Gasteiger charge is -2.09. The molecule has 0 atom stereocenters. The first kappa shape index (κ1) is 12.8. The van der Waals surface area contributed by atoms with Crippen LogP contribution in [0.5, 0.6) is 5.75 Å². The number of nitrogen functional groups attached to an aromatic ring is 1. The third kappa shape index (κ3) is 2.98. The Hall–Kier alpha value is -2.63. The maximum Gasteiger partial charge on any atom is 0.260 e. The topological polar surface area (TPSA) is 90.1 Å². The SMILES string of the molecule is COc1cc(N)ccc1C(=O)Nc1cncc(C)n1. The fraction of sp³-hybridized carbons (Fsp3) is 0.154. The Morgan fingerprint density at radius 3 is 2.84 bits per heavy atom. The second kappa shape index (κ2) is 5.34. The van der Waals surface area contributed by atoms with Crippen molar-refractivity contribution in [2.45, 2.75) is 6.92 Å². The third-order valence-corrected chi connectivity index (χ3v) is 2.47. The fourth-order valence-electron chi connectivity index (χ4n) is 1.60. The molecular formula is C13H14N4O2. The Balaban J connectivity index is 2.25. The molecule has 0 aliphatic carbocycles. The number of anilines is 2. The highest BCUT2D eigenvalue weighted by molar-refractivity contribution is 6.05. The molecule has 0 radical (unpaired) electrons. The van der Waals surface area contributed by atoms with Gasteiger partial charge in [-0.1, -0.05) is 0 Å². The van der Waals surface area contributed by atoms with Crippen LogP contribution in [-0.4, -0.2) is 23.0 Å². The van der Waals surface area contributed by atoms with Gasteiger partial charge in [-0.05, 0) is 19.1 Å². The Morgan fingerprint density at radius 1 is 1.37 bits per heavy atom. The molecule has 98 valence electrons. The van der Waals surface area contributed by atoms with E-state index in [-0.39, 0.29) is 5.91 Å². The van der Waals surface area contributed by atoms with Crippen molar-refractivity contribution in [2.75, 3.05) is 18.2 Å². The molecule has 6 nitrogen and oxygen atoms in total. The monoisotopic (exact) mass is 258 g/mol. The van der Waals surface area contributed by atoms with Crippen LogP contribution in [0.15, 0.2) is 30.6 Å². The van der Waals surface area contributed by atoms with Gasteiger partial charge in [0.2, 0.25) is 0 Å². The molecule has 1 aromatic heterocycles. The highest BCUT2D eigenvalue weighted by Gasteiger charge is 2.13. The maximum absolute atomic E-state index is 12.1. The zero-order valence-electron chi connectivity index (χ0n) is 10.7. The van der Waals surface area contributed by atoms with Crippen LogP contribution in [0, 0.1) is 6.92 Å². The second-order valence-corrected chi connectivity index (χ2v) is 3.96. The zero-order valence-corrected chi connectivity index (χ0v) is 10.7. The minimum Gasteiger partial charge on any atom is -0.496 e. The van der Waals surface area contributed by atoms with Crippen molar-refractivity contribution in [1.82, 2.24) is 9.97 Å². The molecule has 1 amide bonds. The number of aryl methyl sites for hydroxylation is 1. The van der Waals surface area contributed by atoms with Crippen LogP contribution >= 0.6 is 0 Å². The Kier molecular flexibility index (Phi) is 3.61. The van der Waals surface area contributed by atoms with E-state index >= 15 is 0 Å². The van der Waals surface area contributed by atoms with Crippen molar-refractivity contribution in [3.63, 3.8) is 0 Å². The van der Waals surface area contributed by atoms with Gasteiger partial charge in [0.15, 0.2) is 5.82 Å². The summed E-state index contributed by atoms with van der Waals surface area (Å²) in [5, 5.41) is 2.66. The van der Waals surface area contributed by atoms with Crippen LogP contribution in [0.25, 0.3) is 0 Å². The van der Waals surface area contributed by atoms with E-state index in [0.29, 0.717) is 22.8 Å². The summed E-state index contributed by atoms with van der Waals surface area (Å²) < 4.78 is 5.13. The number of ether oxygens (including phenoxy) is 1. The molecule has 1 heterocycles. The molecule has 0 spiro atoms. The van der Waals surface area contributed by atoms with E-state index in [4.69, 9.17) is 10.5 Å². The summed E-state index contributed by atoms with van der Waals surface area (Å²) in [6, 6.07) is 4.84. The number of hydrogen-bond donors (Lipinski definition) is 2. The van der Waals surface area contributed by atoms with E-state index in [1.54, 1.807) is 31.3 Å². The molecule has 1 aromatic carbocycles. The summed E-state index contributed by atoms with van der Waals surface area (Å²) in [6.45, 7) is 1.80. The first-order valence-corrected chi connectivity index (χ1v) is 5.63. The van der Waals surface area contributed by atoms with Crippen LogP contribution in [0.3, 0.4) is 0 Å². The molecular weight excluding hydrogens is 244 g/mol. The second-order valence-electron chi connectivity index (χ2n) is 3.96. The van der Waals surface area contributed by atoms with E-state index in [9.17, 15) is 4.79 Å². The predicted octanol–water partition coefficient (Wildman–Crippen LogP) is 1.63. The molecule has 2 rings (SSSR count). The normalized spacial score (nSPS) is 10.0. The number of rotatable bonds is 3. The van der Waals surface area contributed by atoms with Crippen LogP contribution < -0.4 is 15.8 Å². The largest absolute Gasteiger partial charge is 0.496 e. The van der Waals surface area contributed by atoms with Crippen LogP contribution in [0.1, 0.15) is 16.1 Å². The number of nitrogens with two attached hydrogens (primary N) is 1. The number of amides is 1. The highest BCUT2D eigenvalue weighted by atomic mass is 16.5. The first-order chi connectivity index (χ1) is 9.10. The number of aromatic nitrogens is 2. The zero-order chi connectivity index (χ0) is 13.8. The summed E-state index contributed by atoms with van der Waals surface area (Å²) in [7, 11) is 1.48. The number of carbonyl (C=O) groups is 1. The minimum atomic E-state index is -0.322. The summed E-state index contributed by atoms with van der Waals surface area (Å²) >= 11 is 0. The molecule has 0 saturated carbocycles. The minimum absolute atomic E-state index is 0.322. The smallest absolute Gasteiger partial charge is 0.260 e. The molecule has 2 aromatic rings. The molecule has 0 saturated heterocycles. The quantitative estimate of drug-likeness (QED) is 0.816. The van der Waals surface area contributed by atoms with Gasteiger partial charge in [0.05, 0.1) is 24.6 Å². The molecule has 19 heavy (non-hydrogen) atoms. The number of carbonyl (C=O) groups excluding carboxylic acids is 1. The Labute approximate surface area is 110 Å². The van der Waals surface area contributed by atoms with Gasteiger partial charge in [-0.25, -0.2) is 4.98 Å². The van der Waals surface area contributed by atoms with E-state index in [1.165, 1.54) is 13.3 Å². The molecule has 0 aliphatic rings. The lowest BCUT2D eigenvalue weighted by molar-refractivity contribution is 0.102. The number of methoxy groups -OCH3 is 1. The lowest BCUT2D eigenvalue weighted by Crippen LogP contribution is -2.14.